The second-order valence-corrected chi connectivity index (χ2v) is 19.8. The Morgan fingerprint density at radius 1 is 0.338 bits per heavy atom. The van der Waals surface area contributed by atoms with E-state index < -0.39 is 5.41 Å². The molecule has 7 heteroatoms. The molecule has 16 rings (SSSR count). The van der Waals surface area contributed by atoms with Gasteiger partial charge in [0.05, 0.1) is 67.5 Å². The van der Waals surface area contributed by atoms with Gasteiger partial charge in [-0.15, -0.1) is 0 Å². The van der Waals surface area contributed by atoms with Crippen molar-refractivity contribution >= 4 is 77.2 Å². The molecule has 8 aromatic carbocycles. The van der Waals surface area contributed by atoms with Crippen LogP contribution < -0.4 is 0 Å². The highest BCUT2D eigenvalue weighted by atomic mass is 32.2. The zero-order valence-electron chi connectivity index (χ0n) is 38.0. The maximum absolute atomic E-state index is 5.36. The van der Waals surface area contributed by atoms with E-state index in [0.717, 1.165) is 78.4 Å². The second kappa shape index (κ2) is 14.5. The SMILES string of the molecule is c1ccc2c(c1)Sc1cc(-c3ccc4c(c3)c3ccccc3n4-c3cccnc3-n3c4ccccc4c4ccccc43)ccc1C21c2cccnc2-c2ncc(-n3c4ccccc4c4ccccc43)cc21. The van der Waals surface area contributed by atoms with Gasteiger partial charge in [-0.2, -0.15) is 0 Å². The molecule has 1 atom stereocenters. The molecule has 0 saturated carbocycles. The molecular weight excluding hydrogens is 885 g/mol. The van der Waals surface area contributed by atoms with E-state index in [1.807, 2.05) is 30.4 Å². The van der Waals surface area contributed by atoms with Crippen molar-refractivity contribution in [1.82, 2.24) is 28.7 Å². The molecule has 0 fully saturated rings. The third kappa shape index (κ3) is 5.20. The van der Waals surface area contributed by atoms with Crippen molar-refractivity contribution in [2.45, 2.75) is 15.2 Å². The van der Waals surface area contributed by atoms with Gasteiger partial charge in [-0.05, 0) is 107 Å². The molecule has 1 spiro atoms. The first-order chi connectivity index (χ1) is 35.2. The highest BCUT2D eigenvalue weighted by Gasteiger charge is 2.52. The van der Waals surface area contributed by atoms with Crippen LogP contribution in [0.5, 0.6) is 0 Å². The van der Waals surface area contributed by atoms with Crippen LogP contribution in [0.2, 0.25) is 0 Å². The minimum Gasteiger partial charge on any atom is -0.308 e. The zero-order valence-corrected chi connectivity index (χ0v) is 38.8. The number of para-hydroxylation sites is 5. The Bertz CT molecular complexity index is 4490. The van der Waals surface area contributed by atoms with Crippen molar-refractivity contribution in [3.63, 3.8) is 0 Å². The van der Waals surface area contributed by atoms with Crippen molar-refractivity contribution in [2.24, 2.45) is 0 Å². The fraction of sp³-hybridized carbons (Fsp3) is 0.0156. The lowest BCUT2D eigenvalue weighted by molar-refractivity contribution is 0.719. The smallest absolute Gasteiger partial charge is 0.162 e. The predicted octanol–water partition coefficient (Wildman–Crippen LogP) is 15.7. The first-order valence-electron chi connectivity index (χ1n) is 24.1. The molecule has 0 saturated heterocycles. The summed E-state index contributed by atoms with van der Waals surface area (Å²) in [6.07, 6.45) is 5.85. The predicted molar refractivity (Wildman–Crippen MR) is 290 cm³/mol. The number of rotatable bonds is 4. The van der Waals surface area contributed by atoms with Crippen LogP contribution in [0.3, 0.4) is 0 Å². The monoisotopic (exact) mass is 922 g/mol. The Labute approximate surface area is 411 Å². The molecule has 330 valence electrons. The van der Waals surface area contributed by atoms with E-state index in [0.29, 0.717) is 0 Å². The molecule has 2 aliphatic rings. The lowest BCUT2D eigenvalue weighted by atomic mass is 9.67. The van der Waals surface area contributed by atoms with Gasteiger partial charge in [0.2, 0.25) is 0 Å². The maximum atomic E-state index is 5.36. The van der Waals surface area contributed by atoms with E-state index >= 15 is 0 Å². The van der Waals surface area contributed by atoms with Crippen LogP contribution in [0, 0.1) is 0 Å². The van der Waals surface area contributed by atoms with Gasteiger partial charge in [-0.3, -0.25) is 14.5 Å². The maximum Gasteiger partial charge on any atom is 0.162 e. The van der Waals surface area contributed by atoms with Gasteiger partial charge in [-0.1, -0.05) is 145 Å². The van der Waals surface area contributed by atoms with Crippen LogP contribution >= 0.6 is 11.8 Å². The number of fused-ring (bicyclic) bond motifs is 18. The quantitative estimate of drug-likeness (QED) is 0.176. The highest BCUT2D eigenvalue weighted by molar-refractivity contribution is 7.99. The Balaban J connectivity index is 0.886. The molecule has 0 radical (unpaired) electrons. The molecule has 14 aromatic rings. The molecular formula is C64H38N6S. The van der Waals surface area contributed by atoms with E-state index in [4.69, 9.17) is 15.0 Å². The summed E-state index contributed by atoms with van der Waals surface area (Å²) in [6.45, 7) is 0. The first kappa shape index (κ1) is 38.9. The topological polar surface area (TPSA) is 53.5 Å². The van der Waals surface area contributed by atoms with Crippen molar-refractivity contribution in [3.8, 4) is 39.7 Å². The van der Waals surface area contributed by atoms with Gasteiger partial charge in [0.25, 0.3) is 0 Å². The molecule has 6 nitrogen and oxygen atoms in total. The number of aromatic nitrogens is 6. The summed E-state index contributed by atoms with van der Waals surface area (Å²) < 4.78 is 7.10. The number of hydrogen-bond acceptors (Lipinski definition) is 4. The fourth-order valence-electron chi connectivity index (χ4n) is 12.4. The van der Waals surface area contributed by atoms with Crippen LogP contribution in [-0.4, -0.2) is 28.7 Å². The average molecular weight is 923 g/mol. The van der Waals surface area contributed by atoms with Crippen molar-refractivity contribution in [1.29, 1.82) is 0 Å². The van der Waals surface area contributed by atoms with Crippen LogP contribution in [0.4, 0.5) is 0 Å². The van der Waals surface area contributed by atoms with E-state index in [9.17, 15) is 0 Å². The standard InChI is InChI=1S/C64H38N6S/c1-7-22-52-42(15-1)43-16-2-8-23-53(43)68(52)41-37-51-62(67-38-41)61-50(21-13-33-65-61)64(51)48-20-6-12-28-59(48)71-60-36-40(29-31-49(60)64)39-30-32-57-47(35-39)46-19-5-9-24-54(46)69(57)58-27-14-34-66-63(58)70-55-25-10-3-17-44(55)45-18-4-11-26-56(45)70/h1-38H. The molecule has 7 heterocycles. The molecule has 1 aliphatic carbocycles. The van der Waals surface area contributed by atoms with E-state index in [1.165, 1.54) is 58.8 Å². The molecule has 0 bridgehead atoms. The molecule has 6 aromatic heterocycles. The summed E-state index contributed by atoms with van der Waals surface area (Å²) in [6, 6.07) is 77.5. The summed E-state index contributed by atoms with van der Waals surface area (Å²) >= 11 is 1.86. The largest absolute Gasteiger partial charge is 0.308 e. The highest BCUT2D eigenvalue weighted by Crippen LogP contribution is 2.62. The van der Waals surface area contributed by atoms with Crippen molar-refractivity contribution in [3.05, 3.63) is 253 Å². The normalized spacial score (nSPS) is 14.8. The van der Waals surface area contributed by atoms with Gasteiger partial charge < -0.3 is 9.13 Å². The second-order valence-electron chi connectivity index (χ2n) is 18.7. The summed E-state index contributed by atoms with van der Waals surface area (Å²) in [5, 5.41) is 7.26. The van der Waals surface area contributed by atoms with E-state index in [-0.39, 0.29) is 0 Å². The number of pyridine rings is 3. The van der Waals surface area contributed by atoms with Crippen LogP contribution in [0.15, 0.2) is 241 Å². The number of hydrogen-bond donors (Lipinski definition) is 0. The molecule has 1 unspecified atom stereocenters. The lowest BCUT2D eigenvalue weighted by Crippen LogP contribution is -2.32. The van der Waals surface area contributed by atoms with E-state index in [1.54, 1.807) is 0 Å². The zero-order chi connectivity index (χ0) is 46.4. The summed E-state index contributed by atoms with van der Waals surface area (Å²) in [5.41, 5.74) is 17.2. The Hall–Kier alpha value is -9.04. The van der Waals surface area contributed by atoms with Gasteiger partial charge in [0.15, 0.2) is 5.82 Å². The molecule has 71 heavy (non-hydrogen) atoms. The Morgan fingerprint density at radius 3 is 1.55 bits per heavy atom. The number of nitrogens with zero attached hydrogens (tertiary/aromatic N) is 6. The van der Waals surface area contributed by atoms with Gasteiger partial charge >= 0.3 is 0 Å². The first-order valence-corrected chi connectivity index (χ1v) is 24.9. The minimum atomic E-state index is -0.647. The van der Waals surface area contributed by atoms with Gasteiger partial charge in [0.1, 0.15) is 0 Å². The van der Waals surface area contributed by atoms with Crippen molar-refractivity contribution in [2.75, 3.05) is 0 Å². The average Bonchev–Trinajstić information content (AvgIpc) is 4.15. The minimum absolute atomic E-state index is 0.647. The number of benzene rings is 8. The third-order valence-electron chi connectivity index (χ3n) is 15.3. The van der Waals surface area contributed by atoms with E-state index in [2.05, 4.69) is 226 Å². The molecule has 0 N–H and O–H groups in total. The molecule has 1 aliphatic heterocycles. The summed E-state index contributed by atoms with van der Waals surface area (Å²) in [7, 11) is 0. The summed E-state index contributed by atoms with van der Waals surface area (Å²) in [4.78, 5) is 18.1. The van der Waals surface area contributed by atoms with Gasteiger partial charge in [0, 0.05) is 60.1 Å². The Kier molecular flexibility index (Phi) is 7.94. The van der Waals surface area contributed by atoms with Crippen LogP contribution in [-0.2, 0) is 5.41 Å². The van der Waals surface area contributed by atoms with Gasteiger partial charge in [-0.25, -0.2) is 4.98 Å². The third-order valence-corrected chi connectivity index (χ3v) is 16.4. The lowest BCUT2D eigenvalue weighted by Gasteiger charge is -2.39. The van der Waals surface area contributed by atoms with Crippen LogP contribution in [0.25, 0.3) is 105 Å². The fourth-order valence-corrected chi connectivity index (χ4v) is 13.6. The molecule has 0 amide bonds. The van der Waals surface area contributed by atoms with Crippen LogP contribution in [0.1, 0.15) is 22.3 Å². The Morgan fingerprint density at radius 2 is 0.845 bits per heavy atom. The summed E-state index contributed by atoms with van der Waals surface area (Å²) in [5.74, 6) is 0.889. The van der Waals surface area contributed by atoms with Crippen molar-refractivity contribution < 1.29 is 0 Å².